The van der Waals surface area contributed by atoms with Gasteiger partial charge in [-0.05, 0) is 36.5 Å². The number of rotatable bonds is 9. The van der Waals surface area contributed by atoms with Crippen molar-refractivity contribution in [2.24, 2.45) is 17.3 Å². The molecule has 0 nitrogen and oxygen atoms in total. The SMILES string of the molecule is CC(C)CCCC[CH]CC(C)(C)CC(C)C. The van der Waals surface area contributed by atoms with Crippen LogP contribution in [-0.4, -0.2) is 0 Å². The van der Waals surface area contributed by atoms with Crippen LogP contribution in [0.5, 0.6) is 0 Å². The Balaban J connectivity index is 3.43. The summed E-state index contributed by atoms with van der Waals surface area (Å²) in [4.78, 5) is 0. The van der Waals surface area contributed by atoms with Crippen LogP contribution in [0.3, 0.4) is 0 Å². The first-order valence-corrected chi connectivity index (χ1v) is 7.15. The second-order valence-electron chi connectivity index (χ2n) is 6.93. The zero-order valence-electron chi connectivity index (χ0n) is 12.5. The lowest BCUT2D eigenvalue weighted by atomic mass is 9.79. The first-order chi connectivity index (χ1) is 7.33. The van der Waals surface area contributed by atoms with Crippen molar-refractivity contribution >= 4 is 0 Å². The quantitative estimate of drug-likeness (QED) is 0.430. The second-order valence-corrected chi connectivity index (χ2v) is 6.93. The van der Waals surface area contributed by atoms with Crippen LogP contribution in [0, 0.1) is 23.7 Å². The van der Waals surface area contributed by atoms with Crippen LogP contribution < -0.4 is 0 Å². The molecule has 0 aromatic rings. The van der Waals surface area contributed by atoms with Crippen molar-refractivity contribution in [3.05, 3.63) is 6.42 Å². The summed E-state index contributed by atoms with van der Waals surface area (Å²) in [5, 5.41) is 0. The molecule has 0 saturated heterocycles. The minimum atomic E-state index is 0.506. The molecule has 0 unspecified atom stereocenters. The lowest BCUT2D eigenvalue weighted by Gasteiger charge is -2.26. The van der Waals surface area contributed by atoms with Crippen molar-refractivity contribution in [3.63, 3.8) is 0 Å². The fourth-order valence-electron chi connectivity index (χ4n) is 2.52. The highest BCUT2D eigenvalue weighted by atomic mass is 14.2. The molecule has 0 aromatic carbocycles. The lowest BCUT2D eigenvalue weighted by molar-refractivity contribution is 0.279. The van der Waals surface area contributed by atoms with Crippen molar-refractivity contribution < 1.29 is 0 Å². The van der Waals surface area contributed by atoms with E-state index in [1.165, 1.54) is 38.5 Å². The van der Waals surface area contributed by atoms with Crippen molar-refractivity contribution in [3.8, 4) is 0 Å². The Kier molecular flexibility index (Phi) is 8.14. The van der Waals surface area contributed by atoms with E-state index in [2.05, 4.69) is 48.0 Å². The maximum absolute atomic E-state index is 2.52. The first-order valence-electron chi connectivity index (χ1n) is 7.15. The lowest BCUT2D eigenvalue weighted by Crippen LogP contribution is -2.14. The van der Waals surface area contributed by atoms with Gasteiger partial charge in [-0.1, -0.05) is 67.2 Å². The van der Waals surface area contributed by atoms with E-state index in [1.54, 1.807) is 0 Å². The van der Waals surface area contributed by atoms with E-state index in [1.807, 2.05) is 0 Å². The standard InChI is InChI=1S/C16H33/c1-14(2)11-9-7-8-10-12-16(5,6)13-15(3)4/h10,14-15H,7-9,11-13H2,1-6H3. The summed E-state index contributed by atoms with van der Waals surface area (Å²) in [6.07, 6.45) is 10.6. The average molecular weight is 225 g/mol. The number of unbranched alkanes of at least 4 members (excludes halogenated alkanes) is 3. The van der Waals surface area contributed by atoms with E-state index < -0.39 is 0 Å². The summed E-state index contributed by atoms with van der Waals surface area (Å²) in [5.41, 5.74) is 0.506. The molecular formula is C16H33. The van der Waals surface area contributed by atoms with Gasteiger partial charge in [0, 0.05) is 0 Å². The normalized spacial score (nSPS) is 12.8. The minimum Gasteiger partial charge on any atom is -0.0628 e. The highest BCUT2D eigenvalue weighted by Crippen LogP contribution is 2.30. The van der Waals surface area contributed by atoms with Gasteiger partial charge in [-0.25, -0.2) is 0 Å². The Hall–Kier alpha value is 0. The molecule has 0 rings (SSSR count). The molecule has 0 heteroatoms. The molecule has 0 aliphatic heterocycles. The molecule has 0 heterocycles. The topological polar surface area (TPSA) is 0 Å². The summed E-state index contributed by atoms with van der Waals surface area (Å²) in [6, 6.07) is 0. The van der Waals surface area contributed by atoms with E-state index in [0.717, 1.165) is 11.8 Å². The molecule has 1 radical (unpaired) electrons. The zero-order valence-corrected chi connectivity index (χ0v) is 12.5. The molecule has 97 valence electrons. The molecule has 16 heavy (non-hydrogen) atoms. The maximum Gasteiger partial charge on any atom is -0.0349 e. The van der Waals surface area contributed by atoms with Gasteiger partial charge in [0.1, 0.15) is 0 Å². The molecule has 0 aliphatic carbocycles. The van der Waals surface area contributed by atoms with Crippen LogP contribution in [0.15, 0.2) is 0 Å². The molecule has 0 amide bonds. The average Bonchev–Trinajstić information content (AvgIpc) is 2.08. The Morgan fingerprint density at radius 1 is 0.938 bits per heavy atom. The summed E-state index contributed by atoms with van der Waals surface area (Å²) >= 11 is 0. The predicted octanol–water partition coefficient (Wildman–Crippen LogP) is 5.87. The summed E-state index contributed by atoms with van der Waals surface area (Å²) < 4.78 is 0. The Morgan fingerprint density at radius 2 is 1.56 bits per heavy atom. The predicted molar refractivity (Wildman–Crippen MR) is 75.5 cm³/mol. The fourth-order valence-corrected chi connectivity index (χ4v) is 2.52. The van der Waals surface area contributed by atoms with Crippen molar-refractivity contribution in [2.75, 3.05) is 0 Å². The van der Waals surface area contributed by atoms with Gasteiger partial charge in [0.05, 0.1) is 0 Å². The van der Waals surface area contributed by atoms with Gasteiger partial charge < -0.3 is 0 Å². The Morgan fingerprint density at radius 3 is 2.06 bits per heavy atom. The molecular weight excluding hydrogens is 192 g/mol. The fraction of sp³-hybridized carbons (Fsp3) is 0.938. The Labute approximate surface area is 104 Å². The monoisotopic (exact) mass is 225 g/mol. The van der Waals surface area contributed by atoms with E-state index in [9.17, 15) is 0 Å². The highest BCUT2D eigenvalue weighted by molar-refractivity contribution is 4.78. The molecule has 0 atom stereocenters. The number of hydrogen-bond donors (Lipinski definition) is 0. The van der Waals surface area contributed by atoms with Gasteiger partial charge in [-0.2, -0.15) is 0 Å². The highest BCUT2D eigenvalue weighted by Gasteiger charge is 2.18. The summed E-state index contributed by atoms with van der Waals surface area (Å²) in [5.74, 6) is 1.70. The zero-order chi connectivity index (χ0) is 12.6. The van der Waals surface area contributed by atoms with E-state index in [-0.39, 0.29) is 0 Å². The van der Waals surface area contributed by atoms with Crippen LogP contribution in [0.1, 0.15) is 80.1 Å². The van der Waals surface area contributed by atoms with Gasteiger partial charge in [0.15, 0.2) is 0 Å². The third-order valence-electron chi connectivity index (χ3n) is 3.10. The van der Waals surface area contributed by atoms with E-state index >= 15 is 0 Å². The van der Waals surface area contributed by atoms with Crippen molar-refractivity contribution in [2.45, 2.75) is 80.1 Å². The van der Waals surface area contributed by atoms with Gasteiger partial charge in [-0.15, -0.1) is 0 Å². The van der Waals surface area contributed by atoms with Crippen LogP contribution in [0.2, 0.25) is 0 Å². The largest absolute Gasteiger partial charge is 0.0628 e. The molecule has 0 spiro atoms. The second kappa shape index (κ2) is 8.14. The van der Waals surface area contributed by atoms with Gasteiger partial charge in [0.25, 0.3) is 0 Å². The summed E-state index contributed by atoms with van der Waals surface area (Å²) in [7, 11) is 0. The van der Waals surface area contributed by atoms with Crippen LogP contribution in [0.25, 0.3) is 0 Å². The van der Waals surface area contributed by atoms with Gasteiger partial charge in [0.2, 0.25) is 0 Å². The molecule has 0 aliphatic rings. The number of hydrogen-bond acceptors (Lipinski definition) is 0. The van der Waals surface area contributed by atoms with E-state index in [0.29, 0.717) is 5.41 Å². The van der Waals surface area contributed by atoms with Crippen molar-refractivity contribution in [1.29, 1.82) is 0 Å². The van der Waals surface area contributed by atoms with Gasteiger partial charge >= 0.3 is 0 Å². The molecule has 0 saturated carbocycles. The molecule has 0 aromatic heterocycles. The Bertz CT molecular complexity index is 153. The molecule has 0 N–H and O–H groups in total. The third kappa shape index (κ3) is 10.5. The summed E-state index contributed by atoms with van der Waals surface area (Å²) in [6.45, 7) is 14.1. The minimum absolute atomic E-state index is 0.506. The van der Waals surface area contributed by atoms with Crippen LogP contribution >= 0.6 is 0 Å². The third-order valence-corrected chi connectivity index (χ3v) is 3.10. The van der Waals surface area contributed by atoms with Crippen LogP contribution in [0.4, 0.5) is 0 Å². The van der Waals surface area contributed by atoms with Crippen LogP contribution in [-0.2, 0) is 0 Å². The molecule has 0 fully saturated rings. The first kappa shape index (κ1) is 16.0. The molecule has 0 bridgehead atoms. The van der Waals surface area contributed by atoms with E-state index in [4.69, 9.17) is 0 Å². The van der Waals surface area contributed by atoms with Gasteiger partial charge in [-0.3, -0.25) is 0 Å². The van der Waals surface area contributed by atoms with Crippen molar-refractivity contribution in [1.82, 2.24) is 0 Å². The maximum atomic E-state index is 2.52. The smallest absolute Gasteiger partial charge is 0.0349 e.